The molecule has 0 fully saturated rings. The minimum atomic E-state index is -0.310. The molecule has 1 heterocycles. The minimum Gasteiger partial charge on any atom is -0.358 e. The molecule has 0 unspecified atom stereocenters. The van der Waals surface area contributed by atoms with Gasteiger partial charge in [0.15, 0.2) is 0 Å². The fourth-order valence-corrected chi connectivity index (χ4v) is 2.68. The molecule has 0 aliphatic rings. The molecule has 0 atom stereocenters. The van der Waals surface area contributed by atoms with E-state index in [9.17, 15) is 4.79 Å². The predicted molar refractivity (Wildman–Crippen MR) is 87.6 cm³/mol. The van der Waals surface area contributed by atoms with Gasteiger partial charge in [0.05, 0.1) is 5.54 Å². The molecule has 0 saturated heterocycles. The Morgan fingerprint density at radius 3 is 2.52 bits per heavy atom. The summed E-state index contributed by atoms with van der Waals surface area (Å²) in [6.45, 7) is 8.68. The fraction of sp³-hybridized carbons (Fsp3) is 0.471. The molecule has 4 heteroatoms. The highest BCUT2D eigenvalue weighted by Gasteiger charge is 2.26. The van der Waals surface area contributed by atoms with Gasteiger partial charge in [0, 0.05) is 28.7 Å². The van der Waals surface area contributed by atoms with E-state index in [1.165, 1.54) is 5.56 Å². The maximum atomic E-state index is 12.5. The van der Waals surface area contributed by atoms with Crippen LogP contribution in [0.4, 0.5) is 0 Å². The summed E-state index contributed by atoms with van der Waals surface area (Å²) in [4.78, 5) is 15.8. The first kappa shape index (κ1) is 15.6. The van der Waals surface area contributed by atoms with Gasteiger partial charge in [-0.15, -0.1) is 0 Å². The number of carbonyl (C=O) groups excluding carboxylic acids is 1. The van der Waals surface area contributed by atoms with Crippen LogP contribution in [0.15, 0.2) is 18.2 Å². The van der Waals surface area contributed by atoms with Crippen molar-refractivity contribution in [2.24, 2.45) is 5.73 Å². The number of benzene rings is 1. The topological polar surface area (TPSA) is 70.9 Å². The van der Waals surface area contributed by atoms with E-state index in [-0.39, 0.29) is 11.4 Å². The third-order valence-electron chi connectivity index (χ3n) is 4.69. The SMILES string of the molecule is CCC(CC)(CN)NC(=O)c1ccc2[nH]c(C)c(C)c2c1. The van der Waals surface area contributed by atoms with Gasteiger partial charge in [-0.3, -0.25) is 4.79 Å². The summed E-state index contributed by atoms with van der Waals surface area (Å²) >= 11 is 0. The van der Waals surface area contributed by atoms with Crippen molar-refractivity contribution >= 4 is 16.8 Å². The third kappa shape index (κ3) is 2.81. The van der Waals surface area contributed by atoms with E-state index < -0.39 is 0 Å². The van der Waals surface area contributed by atoms with E-state index in [0.717, 1.165) is 29.4 Å². The Morgan fingerprint density at radius 2 is 1.95 bits per heavy atom. The molecular weight excluding hydrogens is 262 g/mol. The number of hydrogen-bond acceptors (Lipinski definition) is 2. The number of hydrogen-bond donors (Lipinski definition) is 3. The van der Waals surface area contributed by atoms with Crippen molar-refractivity contribution in [3.8, 4) is 0 Å². The van der Waals surface area contributed by atoms with Crippen LogP contribution in [0.1, 0.15) is 48.3 Å². The van der Waals surface area contributed by atoms with Crippen LogP contribution in [0.3, 0.4) is 0 Å². The lowest BCUT2D eigenvalue weighted by atomic mass is 9.92. The second-order valence-corrected chi connectivity index (χ2v) is 5.78. The number of carbonyl (C=O) groups is 1. The number of aromatic nitrogens is 1. The van der Waals surface area contributed by atoms with E-state index in [2.05, 4.69) is 31.1 Å². The summed E-state index contributed by atoms with van der Waals surface area (Å²) in [6, 6.07) is 5.78. The Balaban J connectivity index is 2.33. The van der Waals surface area contributed by atoms with Crippen LogP contribution < -0.4 is 11.1 Å². The Kier molecular flexibility index (Phi) is 4.37. The van der Waals surface area contributed by atoms with Crippen molar-refractivity contribution < 1.29 is 4.79 Å². The summed E-state index contributed by atoms with van der Waals surface area (Å²) in [5.41, 5.74) is 9.63. The standard InChI is InChI=1S/C17H25N3O/c1-5-17(6-2,10-18)20-16(21)13-7-8-15-14(9-13)11(3)12(4)19-15/h7-9,19H,5-6,10,18H2,1-4H3,(H,20,21). The first-order valence-corrected chi connectivity index (χ1v) is 7.58. The molecule has 0 bridgehead atoms. The predicted octanol–water partition coefficient (Wildman–Crippen LogP) is 3.03. The normalized spacial score (nSPS) is 11.9. The lowest BCUT2D eigenvalue weighted by Crippen LogP contribution is -2.52. The van der Waals surface area contributed by atoms with Gasteiger partial charge in [-0.1, -0.05) is 13.8 Å². The van der Waals surface area contributed by atoms with Crippen LogP contribution in [0.5, 0.6) is 0 Å². The average Bonchev–Trinajstić information content (AvgIpc) is 2.79. The molecule has 2 rings (SSSR count). The highest BCUT2D eigenvalue weighted by molar-refractivity contribution is 5.99. The third-order valence-corrected chi connectivity index (χ3v) is 4.69. The largest absolute Gasteiger partial charge is 0.358 e. The quantitative estimate of drug-likeness (QED) is 0.791. The van der Waals surface area contributed by atoms with E-state index in [1.54, 1.807) is 0 Å². The Morgan fingerprint density at radius 1 is 1.29 bits per heavy atom. The minimum absolute atomic E-state index is 0.0516. The Bertz CT molecular complexity index is 645. The summed E-state index contributed by atoms with van der Waals surface area (Å²) in [6.07, 6.45) is 1.66. The molecule has 1 aromatic heterocycles. The summed E-state index contributed by atoms with van der Waals surface area (Å²) < 4.78 is 0. The maximum absolute atomic E-state index is 12.5. The number of aryl methyl sites for hydroxylation is 2. The first-order valence-electron chi connectivity index (χ1n) is 7.58. The molecule has 4 nitrogen and oxygen atoms in total. The Labute approximate surface area is 126 Å². The van der Waals surface area contributed by atoms with Crippen LogP contribution in [0.2, 0.25) is 0 Å². The van der Waals surface area contributed by atoms with Gasteiger partial charge in [0.2, 0.25) is 0 Å². The molecule has 0 spiro atoms. The van der Waals surface area contributed by atoms with Crippen molar-refractivity contribution in [2.45, 2.75) is 46.1 Å². The first-order chi connectivity index (χ1) is 9.96. The van der Waals surface area contributed by atoms with E-state index in [0.29, 0.717) is 12.1 Å². The number of rotatable bonds is 5. The number of nitrogens with one attached hydrogen (secondary N) is 2. The molecule has 1 aromatic carbocycles. The molecule has 21 heavy (non-hydrogen) atoms. The lowest BCUT2D eigenvalue weighted by molar-refractivity contribution is 0.0895. The highest BCUT2D eigenvalue weighted by atomic mass is 16.1. The van der Waals surface area contributed by atoms with Crippen molar-refractivity contribution in [1.82, 2.24) is 10.3 Å². The van der Waals surface area contributed by atoms with Crippen molar-refractivity contribution in [3.63, 3.8) is 0 Å². The van der Waals surface area contributed by atoms with Crippen LogP contribution in [0, 0.1) is 13.8 Å². The number of nitrogens with two attached hydrogens (primary N) is 1. The summed E-state index contributed by atoms with van der Waals surface area (Å²) in [5, 5.41) is 4.22. The van der Waals surface area contributed by atoms with E-state index in [1.807, 2.05) is 25.1 Å². The van der Waals surface area contributed by atoms with Crippen molar-refractivity contribution in [1.29, 1.82) is 0 Å². The van der Waals surface area contributed by atoms with Gasteiger partial charge in [0.1, 0.15) is 0 Å². The molecule has 4 N–H and O–H groups in total. The fourth-order valence-electron chi connectivity index (χ4n) is 2.68. The number of aromatic amines is 1. The zero-order valence-corrected chi connectivity index (χ0v) is 13.3. The van der Waals surface area contributed by atoms with Gasteiger partial charge < -0.3 is 16.0 Å². The lowest BCUT2D eigenvalue weighted by Gasteiger charge is -2.31. The highest BCUT2D eigenvalue weighted by Crippen LogP contribution is 2.23. The van der Waals surface area contributed by atoms with Crippen LogP contribution >= 0.6 is 0 Å². The second kappa shape index (κ2) is 5.90. The maximum Gasteiger partial charge on any atom is 0.251 e. The van der Waals surface area contributed by atoms with Crippen LogP contribution in [-0.4, -0.2) is 23.0 Å². The van der Waals surface area contributed by atoms with Crippen LogP contribution in [-0.2, 0) is 0 Å². The smallest absolute Gasteiger partial charge is 0.251 e. The molecule has 0 radical (unpaired) electrons. The molecule has 0 aliphatic heterocycles. The second-order valence-electron chi connectivity index (χ2n) is 5.78. The number of amides is 1. The van der Waals surface area contributed by atoms with Crippen molar-refractivity contribution in [3.05, 3.63) is 35.0 Å². The van der Waals surface area contributed by atoms with E-state index in [4.69, 9.17) is 5.73 Å². The van der Waals surface area contributed by atoms with Gasteiger partial charge in [-0.25, -0.2) is 0 Å². The van der Waals surface area contributed by atoms with Gasteiger partial charge >= 0.3 is 0 Å². The van der Waals surface area contributed by atoms with E-state index >= 15 is 0 Å². The molecular formula is C17H25N3O. The number of H-pyrrole nitrogens is 1. The van der Waals surface area contributed by atoms with Crippen molar-refractivity contribution in [2.75, 3.05) is 6.54 Å². The van der Waals surface area contributed by atoms with Gasteiger partial charge in [0.25, 0.3) is 5.91 Å². The van der Waals surface area contributed by atoms with Gasteiger partial charge in [-0.2, -0.15) is 0 Å². The van der Waals surface area contributed by atoms with Gasteiger partial charge in [-0.05, 0) is 50.5 Å². The molecule has 0 aliphatic carbocycles. The summed E-state index contributed by atoms with van der Waals surface area (Å²) in [7, 11) is 0. The monoisotopic (exact) mass is 287 g/mol. The average molecular weight is 287 g/mol. The molecule has 114 valence electrons. The van der Waals surface area contributed by atoms with Crippen LogP contribution in [0.25, 0.3) is 10.9 Å². The zero-order chi connectivity index (χ0) is 15.6. The zero-order valence-electron chi connectivity index (χ0n) is 13.3. The Hall–Kier alpha value is -1.81. The molecule has 0 saturated carbocycles. The molecule has 1 amide bonds. The summed E-state index contributed by atoms with van der Waals surface area (Å²) in [5.74, 6) is -0.0516. The molecule has 2 aromatic rings. The number of fused-ring (bicyclic) bond motifs is 1.